The van der Waals surface area contributed by atoms with Crippen LogP contribution in [0.4, 0.5) is 14.5 Å². The molecule has 0 bridgehead atoms. The predicted octanol–water partition coefficient (Wildman–Crippen LogP) is 3.13. The molecular formula is C25H30F2N4O3. The number of nitrogens with one attached hydrogen (secondary N) is 3. The number of para-hydroxylation sites is 1. The topological polar surface area (TPSA) is 90.5 Å². The highest BCUT2D eigenvalue weighted by Gasteiger charge is 2.41. The number of nitrogens with zero attached hydrogens (tertiary/aromatic N) is 1. The van der Waals surface area contributed by atoms with Crippen LogP contribution in [0.5, 0.6) is 0 Å². The predicted molar refractivity (Wildman–Crippen MR) is 125 cm³/mol. The van der Waals surface area contributed by atoms with Gasteiger partial charge in [0.05, 0.1) is 6.04 Å². The van der Waals surface area contributed by atoms with Gasteiger partial charge in [0.2, 0.25) is 11.8 Å². The van der Waals surface area contributed by atoms with E-state index >= 15 is 0 Å². The van der Waals surface area contributed by atoms with Crippen LogP contribution in [0.25, 0.3) is 0 Å². The molecule has 0 saturated heterocycles. The highest BCUT2D eigenvalue weighted by Crippen LogP contribution is 2.36. The Morgan fingerprint density at radius 3 is 2.29 bits per heavy atom. The van der Waals surface area contributed by atoms with Crippen molar-refractivity contribution in [1.82, 2.24) is 15.5 Å². The number of amides is 3. The van der Waals surface area contributed by atoms with Gasteiger partial charge in [-0.2, -0.15) is 0 Å². The molecule has 3 amide bonds. The van der Waals surface area contributed by atoms with Crippen LogP contribution in [0.3, 0.4) is 0 Å². The average molecular weight is 473 g/mol. The maximum absolute atomic E-state index is 14.2. The molecule has 0 fully saturated rings. The van der Waals surface area contributed by atoms with Crippen LogP contribution in [-0.4, -0.2) is 41.8 Å². The minimum absolute atomic E-state index is 0.0870. The van der Waals surface area contributed by atoms with Crippen molar-refractivity contribution in [1.29, 1.82) is 0 Å². The lowest BCUT2D eigenvalue weighted by molar-refractivity contribution is -0.142. The minimum atomic E-state index is -1.10. The Bertz CT molecular complexity index is 1060. The van der Waals surface area contributed by atoms with Gasteiger partial charge in [0.25, 0.3) is 5.91 Å². The van der Waals surface area contributed by atoms with Crippen LogP contribution in [0, 0.1) is 17.6 Å². The standard InChI is InChI=1S/C25H30F2N4O3/c1-14(2)12-20(29-23(32)15(3)28-4)25(34)31-13-16-8-5-6-9-17(16)22(31)24(33)30-21-18(26)10-7-11-19(21)27/h5-11,14-15,20,22,28H,12-13H2,1-4H3,(H,29,32)(H,30,33)/t15-,20-,22-/m0/s1. The number of rotatable bonds is 8. The third-order valence-corrected chi connectivity index (χ3v) is 5.89. The second-order valence-electron chi connectivity index (χ2n) is 8.85. The molecule has 1 aliphatic rings. The summed E-state index contributed by atoms with van der Waals surface area (Å²) in [7, 11) is 1.64. The molecule has 2 aromatic rings. The third-order valence-electron chi connectivity index (χ3n) is 5.89. The van der Waals surface area contributed by atoms with E-state index < -0.39 is 47.3 Å². The summed E-state index contributed by atoms with van der Waals surface area (Å²) in [5, 5.41) is 7.94. The first kappa shape index (κ1) is 25.3. The SMILES string of the molecule is CN[C@@H](C)C(=O)N[C@@H](CC(C)C)C(=O)N1Cc2ccccc2[C@H]1C(=O)Nc1c(F)cccc1F. The van der Waals surface area contributed by atoms with E-state index in [-0.39, 0.29) is 18.4 Å². The number of benzene rings is 2. The summed E-state index contributed by atoms with van der Waals surface area (Å²) in [5.41, 5.74) is 0.755. The third kappa shape index (κ3) is 5.41. The molecule has 182 valence electrons. The van der Waals surface area contributed by atoms with E-state index in [0.717, 1.165) is 17.7 Å². The number of hydrogen-bond acceptors (Lipinski definition) is 4. The fourth-order valence-electron chi connectivity index (χ4n) is 4.01. The molecule has 0 radical (unpaired) electrons. The zero-order valence-electron chi connectivity index (χ0n) is 19.7. The van der Waals surface area contributed by atoms with E-state index in [0.29, 0.717) is 12.0 Å². The van der Waals surface area contributed by atoms with Crippen LogP contribution >= 0.6 is 0 Å². The van der Waals surface area contributed by atoms with Gasteiger partial charge >= 0.3 is 0 Å². The molecule has 7 nitrogen and oxygen atoms in total. The summed E-state index contributed by atoms with van der Waals surface area (Å²) >= 11 is 0. The van der Waals surface area contributed by atoms with Crippen molar-refractivity contribution < 1.29 is 23.2 Å². The Hall–Kier alpha value is -3.33. The first-order valence-electron chi connectivity index (χ1n) is 11.2. The Balaban J connectivity index is 1.93. The molecule has 1 aliphatic heterocycles. The van der Waals surface area contributed by atoms with Gasteiger partial charge in [0.15, 0.2) is 0 Å². The summed E-state index contributed by atoms with van der Waals surface area (Å²) in [6.07, 6.45) is 0.365. The fourth-order valence-corrected chi connectivity index (χ4v) is 4.01. The number of halogens is 2. The maximum atomic E-state index is 14.2. The Morgan fingerprint density at radius 1 is 1.03 bits per heavy atom. The van der Waals surface area contributed by atoms with E-state index in [9.17, 15) is 23.2 Å². The van der Waals surface area contributed by atoms with Crippen molar-refractivity contribution in [3.63, 3.8) is 0 Å². The quantitative estimate of drug-likeness (QED) is 0.551. The summed E-state index contributed by atoms with van der Waals surface area (Å²) in [5.74, 6) is -3.25. The summed E-state index contributed by atoms with van der Waals surface area (Å²) in [6.45, 7) is 5.67. The van der Waals surface area contributed by atoms with Gasteiger partial charge in [0, 0.05) is 6.54 Å². The number of likely N-dealkylation sites (N-methyl/N-ethyl adjacent to an activating group) is 1. The van der Waals surface area contributed by atoms with E-state index in [1.165, 1.54) is 11.0 Å². The molecule has 3 N–H and O–H groups in total. The maximum Gasteiger partial charge on any atom is 0.252 e. The molecule has 0 spiro atoms. The lowest BCUT2D eigenvalue weighted by Crippen LogP contribution is -2.53. The van der Waals surface area contributed by atoms with Crippen LogP contribution < -0.4 is 16.0 Å². The zero-order valence-corrected chi connectivity index (χ0v) is 19.7. The van der Waals surface area contributed by atoms with Crippen LogP contribution in [0.15, 0.2) is 42.5 Å². The molecule has 34 heavy (non-hydrogen) atoms. The van der Waals surface area contributed by atoms with Gasteiger partial charge in [-0.25, -0.2) is 8.78 Å². The fraction of sp³-hybridized carbons (Fsp3) is 0.400. The Labute approximate surface area is 197 Å². The van der Waals surface area contributed by atoms with Crippen molar-refractivity contribution >= 4 is 23.4 Å². The van der Waals surface area contributed by atoms with Gasteiger partial charge in [-0.05, 0) is 49.6 Å². The molecule has 0 aliphatic carbocycles. The summed E-state index contributed by atoms with van der Waals surface area (Å²) < 4.78 is 28.4. The van der Waals surface area contributed by atoms with Crippen molar-refractivity contribution in [3.05, 3.63) is 65.2 Å². The minimum Gasteiger partial charge on any atom is -0.343 e. The zero-order chi connectivity index (χ0) is 25.0. The molecule has 3 atom stereocenters. The van der Waals surface area contributed by atoms with Gasteiger partial charge in [-0.1, -0.05) is 44.2 Å². The van der Waals surface area contributed by atoms with Crippen molar-refractivity contribution in [2.24, 2.45) is 5.92 Å². The van der Waals surface area contributed by atoms with Gasteiger partial charge in [-0.15, -0.1) is 0 Å². The lowest BCUT2D eigenvalue weighted by Gasteiger charge is -2.30. The van der Waals surface area contributed by atoms with Gasteiger partial charge < -0.3 is 20.9 Å². The highest BCUT2D eigenvalue weighted by molar-refractivity contribution is 6.00. The lowest BCUT2D eigenvalue weighted by atomic mass is 10.0. The first-order chi connectivity index (χ1) is 16.1. The van der Waals surface area contributed by atoms with E-state index in [1.807, 2.05) is 13.8 Å². The molecule has 0 unspecified atom stereocenters. The van der Waals surface area contributed by atoms with Crippen molar-refractivity contribution in [2.75, 3.05) is 12.4 Å². The summed E-state index contributed by atoms with van der Waals surface area (Å²) in [6, 6.07) is 7.85. The second-order valence-corrected chi connectivity index (χ2v) is 8.85. The second kappa shape index (κ2) is 10.7. The van der Waals surface area contributed by atoms with Crippen LogP contribution in [0.1, 0.15) is 44.4 Å². The largest absolute Gasteiger partial charge is 0.343 e. The molecular weight excluding hydrogens is 442 g/mol. The average Bonchev–Trinajstić information content (AvgIpc) is 3.19. The van der Waals surface area contributed by atoms with E-state index in [4.69, 9.17) is 0 Å². The number of carbonyl (C=O) groups excluding carboxylic acids is 3. The smallest absolute Gasteiger partial charge is 0.252 e. The Kier molecular flexibility index (Phi) is 7.98. The van der Waals surface area contributed by atoms with E-state index in [2.05, 4.69) is 16.0 Å². The monoisotopic (exact) mass is 472 g/mol. The highest BCUT2D eigenvalue weighted by atomic mass is 19.1. The van der Waals surface area contributed by atoms with E-state index in [1.54, 1.807) is 38.2 Å². The molecule has 9 heteroatoms. The number of anilines is 1. The summed E-state index contributed by atoms with van der Waals surface area (Å²) in [4.78, 5) is 40.8. The number of hydrogen-bond donors (Lipinski definition) is 3. The van der Waals surface area contributed by atoms with Crippen molar-refractivity contribution in [2.45, 2.75) is 51.9 Å². The number of carbonyl (C=O) groups is 3. The van der Waals surface area contributed by atoms with Crippen LogP contribution in [-0.2, 0) is 20.9 Å². The molecule has 0 aromatic heterocycles. The Morgan fingerprint density at radius 2 is 1.68 bits per heavy atom. The van der Waals surface area contributed by atoms with Crippen LogP contribution in [0.2, 0.25) is 0 Å². The van der Waals surface area contributed by atoms with Gasteiger partial charge in [-0.3, -0.25) is 14.4 Å². The van der Waals surface area contributed by atoms with Gasteiger partial charge in [0.1, 0.15) is 29.4 Å². The molecule has 3 rings (SSSR count). The number of fused-ring (bicyclic) bond motifs is 1. The first-order valence-corrected chi connectivity index (χ1v) is 11.2. The molecule has 2 aromatic carbocycles. The normalized spacial score (nSPS) is 16.7. The molecule has 1 heterocycles. The van der Waals surface area contributed by atoms with Crippen molar-refractivity contribution in [3.8, 4) is 0 Å². The molecule has 0 saturated carbocycles.